The highest BCUT2D eigenvalue weighted by Crippen LogP contribution is 2.20. The zero-order chi connectivity index (χ0) is 21.5. The molecule has 30 heavy (non-hydrogen) atoms. The number of benzene rings is 3. The topological polar surface area (TPSA) is 67.4 Å². The van der Waals surface area contributed by atoms with Gasteiger partial charge in [-0.2, -0.15) is 0 Å². The Balaban J connectivity index is 1.68. The normalized spacial score (nSPS) is 10.4. The van der Waals surface area contributed by atoms with Crippen molar-refractivity contribution in [3.05, 3.63) is 101 Å². The molecule has 3 aromatic carbocycles. The second-order valence-corrected chi connectivity index (χ2v) is 6.53. The lowest BCUT2D eigenvalue weighted by atomic mass is 10.1. The van der Waals surface area contributed by atoms with Crippen LogP contribution < -0.4 is 15.4 Å². The zero-order valence-electron chi connectivity index (χ0n) is 16.2. The number of ether oxygens (including phenoxy) is 1. The van der Waals surface area contributed by atoms with Crippen LogP contribution in [0.2, 0.25) is 0 Å². The van der Waals surface area contributed by atoms with Crippen molar-refractivity contribution in [3.8, 4) is 5.75 Å². The van der Waals surface area contributed by atoms with E-state index in [9.17, 15) is 18.4 Å². The van der Waals surface area contributed by atoms with E-state index in [0.717, 1.165) is 11.1 Å². The SMILES string of the molecule is COc1ccc(C(=O)NCc2ccc(F)cc2)cc1C(=O)NCc1ccc(F)cc1. The molecule has 0 fully saturated rings. The minimum atomic E-state index is -0.427. The van der Waals surface area contributed by atoms with Crippen LogP contribution in [0.15, 0.2) is 66.7 Å². The van der Waals surface area contributed by atoms with Crippen molar-refractivity contribution in [2.75, 3.05) is 7.11 Å². The number of rotatable bonds is 7. The monoisotopic (exact) mass is 410 g/mol. The highest BCUT2D eigenvalue weighted by molar-refractivity contribution is 6.01. The molecule has 0 radical (unpaired) electrons. The summed E-state index contributed by atoms with van der Waals surface area (Å²) in [5.41, 5.74) is 1.96. The largest absolute Gasteiger partial charge is 0.496 e. The average molecular weight is 410 g/mol. The Morgan fingerprint density at radius 1 is 0.767 bits per heavy atom. The first kappa shape index (κ1) is 21.0. The number of hydrogen-bond acceptors (Lipinski definition) is 3. The smallest absolute Gasteiger partial charge is 0.255 e. The first-order valence-corrected chi connectivity index (χ1v) is 9.19. The minimum absolute atomic E-state index is 0.198. The molecule has 0 aliphatic carbocycles. The molecule has 5 nitrogen and oxygen atoms in total. The van der Waals surface area contributed by atoms with Crippen LogP contribution >= 0.6 is 0 Å². The van der Waals surface area contributed by atoms with E-state index in [4.69, 9.17) is 4.74 Å². The van der Waals surface area contributed by atoms with Gasteiger partial charge >= 0.3 is 0 Å². The lowest BCUT2D eigenvalue weighted by Crippen LogP contribution is -2.26. The van der Waals surface area contributed by atoms with Crippen molar-refractivity contribution in [1.29, 1.82) is 0 Å². The van der Waals surface area contributed by atoms with Crippen LogP contribution in [0.25, 0.3) is 0 Å². The van der Waals surface area contributed by atoms with Crippen molar-refractivity contribution in [3.63, 3.8) is 0 Å². The zero-order valence-corrected chi connectivity index (χ0v) is 16.2. The lowest BCUT2D eigenvalue weighted by Gasteiger charge is -2.12. The molecule has 0 aliphatic rings. The van der Waals surface area contributed by atoms with E-state index in [1.807, 2.05) is 0 Å². The van der Waals surface area contributed by atoms with Gasteiger partial charge in [-0.15, -0.1) is 0 Å². The van der Waals surface area contributed by atoms with Gasteiger partial charge in [0.2, 0.25) is 0 Å². The van der Waals surface area contributed by atoms with E-state index in [0.29, 0.717) is 5.75 Å². The van der Waals surface area contributed by atoms with Crippen molar-refractivity contribution in [1.82, 2.24) is 10.6 Å². The van der Waals surface area contributed by atoms with E-state index in [1.165, 1.54) is 37.4 Å². The number of halogens is 2. The molecule has 2 N–H and O–H groups in total. The Bertz CT molecular complexity index is 1040. The summed E-state index contributed by atoms with van der Waals surface area (Å²) in [6.45, 7) is 0.417. The van der Waals surface area contributed by atoms with E-state index >= 15 is 0 Å². The van der Waals surface area contributed by atoms with Crippen LogP contribution in [0, 0.1) is 11.6 Å². The maximum Gasteiger partial charge on any atom is 0.255 e. The van der Waals surface area contributed by atoms with Gasteiger partial charge in [0.15, 0.2) is 0 Å². The third kappa shape index (κ3) is 5.41. The molecule has 3 aromatic rings. The van der Waals surface area contributed by atoms with Gasteiger partial charge in [-0.3, -0.25) is 9.59 Å². The number of hydrogen-bond donors (Lipinski definition) is 2. The number of carbonyl (C=O) groups is 2. The van der Waals surface area contributed by atoms with Crippen LogP contribution in [-0.4, -0.2) is 18.9 Å². The maximum atomic E-state index is 13.0. The van der Waals surface area contributed by atoms with Gasteiger partial charge in [0, 0.05) is 18.7 Å². The summed E-state index contributed by atoms with van der Waals surface area (Å²) in [6, 6.07) is 16.1. The standard InChI is InChI=1S/C23H20F2N2O3/c1-30-21-11-6-17(22(28)26-13-15-2-7-18(24)8-3-15)12-20(21)23(29)27-14-16-4-9-19(25)10-5-16/h2-12H,13-14H2,1H3,(H,26,28)(H,27,29). The van der Waals surface area contributed by atoms with Crippen molar-refractivity contribution >= 4 is 11.8 Å². The van der Waals surface area contributed by atoms with Crippen LogP contribution in [0.3, 0.4) is 0 Å². The summed E-state index contributed by atoms with van der Waals surface area (Å²) in [6.07, 6.45) is 0. The maximum absolute atomic E-state index is 13.0. The Labute approximate surface area is 172 Å². The summed E-state index contributed by atoms with van der Waals surface area (Å²) in [4.78, 5) is 25.1. The van der Waals surface area contributed by atoms with Crippen LogP contribution in [-0.2, 0) is 13.1 Å². The van der Waals surface area contributed by atoms with E-state index in [2.05, 4.69) is 10.6 Å². The Hall–Kier alpha value is -3.74. The second-order valence-electron chi connectivity index (χ2n) is 6.53. The summed E-state index contributed by atoms with van der Waals surface area (Å²) in [5.74, 6) is -1.19. The summed E-state index contributed by atoms with van der Waals surface area (Å²) >= 11 is 0. The minimum Gasteiger partial charge on any atom is -0.496 e. The third-order valence-electron chi connectivity index (χ3n) is 4.44. The summed E-state index contributed by atoms with van der Waals surface area (Å²) in [5, 5.41) is 5.46. The number of methoxy groups -OCH3 is 1. The Morgan fingerprint density at radius 3 is 1.77 bits per heavy atom. The fraction of sp³-hybridized carbons (Fsp3) is 0.130. The van der Waals surface area contributed by atoms with Gasteiger partial charge in [0.05, 0.1) is 12.7 Å². The van der Waals surface area contributed by atoms with Crippen molar-refractivity contribution in [2.24, 2.45) is 0 Å². The third-order valence-corrected chi connectivity index (χ3v) is 4.44. The van der Waals surface area contributed by atoms with E-state index < -0.39 is 5.91 Å². The molecular formula is C23H20F2N2O3. The number of amides is 2. The molecule has 0 spiro atoms. The van der Waals surface area contributed by atoms with E-state index in [1.54, 1.807) is 36.4 Å². The molecule has 7 heteroatoms. The molecule has 0 aliphatic heterocycles. The molecule has 0 heterocycles. The number of carbonyl (C=O) groups excluding carboxylic acids is 2. The fourth-order valence-electron chi connectivity index (χ4n) is 2.79. The first-order chi connectivity index (χ1) is 14.5. The molecule has 0 saturated carbocycles. The van der Waals surface area contributed by atoms with Gasteiger partial charge in [-0.1, -0.05) is 24.3 Å². The van der Waals surface area contributed by atoms with Crippen LogP contribution in [0.4, 0.5) is 8.78 Å². The highest BCUT2D eigenvalue weighted by atomic mass is 19.1. The Morgan fingerprint density at radius 2 is 1.27 bits per heavy atom. The lowest BCUT2D eigenvalue weighted by molar-refractivity contribution is 0.0948. The first-order valence-electron chi connectivity index (χ1n) is 9.19. The molecule has 2 amide bonds. The predicted octanol–water partition coefficient (Wildman–Crippen LogP) is 3.83. The molecule has 0 bridgehead atoms. The summed E-state index contributed by atoms with van der Waals surface area (Å²) < 4.78 is 31.2. The highest BCUT2D eigenvalue weighted by Gasteiger charge is 2.16. The van der Waals surface area contributed by atoms with Crippen molar-refractivity contribution in [2.45, 2.75) is 13.1 Å². The quantitative estimate of drug-likeness (QED) is 0.622. The van der Waals surface area contributed by atoms with Gasteiger partial charge in [-0.05, 0) is 53.6 Å². The molecule has 0 saturated heterocycles. The molecule has 3 rings (SSSR count). The predicted molar refractivity (Wildman–Crippen MR) is 108 cm³/mol. The summed E-state index contributed by atoms with van der Waals surface area (Å²) in [7, 11) is 1.43. The van der Waals surface area contributed by atoms with Crippen LogP contribution in [0.5, 0.6) is 5.75 Å². The van der Waals surface area contributed by atoms with Gasteiger partial charge in [-0.25, -0.2) is 8.78 Å². The van der Waals surface area contributed by atoms with Gasteiger partial charge in [0.25, 0.3) is 11.8 Å². The molecule has 154 valence electrons. The Kier molecular flexibility index (Phi) is 6.75. The van der Waals surface area contributed by atoms with E-state index in [-0.39, 0.29) is 41.8 Å². The molecule has 0 atom stereocenters. The number of nitrogens with one attached hydrogen (secondary N) is 2. The molecular weight excluding hydrogens is 390 g/mol. The molecule has 0 unspecified atom stereocenters. The van der Waals surface area contributed by atoms with Crippen molar-refractivity contribution < 1.29 is 23.1 Å². The molecule has 0 aromatic heterocycles. The average Bonchev–Trinajstić information content (AvgIpc) is 2.77. The van der Waals surface area contributed by atoms with Gasteiger partial charge in [0.1, 0.15) is 17.4 Å². The van der Waals surface area contributed by atoms with Crippen LogP contribution in [0.1, 0.15) is 31.8 Å². The fourth-order valence-corrected chi connectivity index (χ4v) is 2.79. The second kappa shape index (κ2) is 9.65. The van der Waals surface area contributed by atoms with Gasteiger partial charge < -0.3 is 15.4 Å².